The third kappa shape index (κ3) is 5.13. The van der Waals surface area contributed by atoms with Crippen LogP contribution in [0.1, 0.15) is 37.1 Å². The Morgan fingerprint density at radius 3 is 2.76 bits per heavy atom. The number of hydrogen-bond acceptors (Lipinski definition) is 5. The summed E-state index contributed by atoms with van der Waals surface area (Å²) in [6.07, 6.45) is 5.14. The lowest BCUT2D eigenvalue weighted by Crippen LogP contribution is -2.65. The van der Waals surface area contributed by atoms with Crippen molar-refractivity contribution < 1.29 is 4.79 Å². The van der Waals surface area contributed by atoms with E-state index in [1.807, 2.05) is 13.0 Å². The molecule has 0 saturated carbocycles. The molecule has 3 aliphatic rings. The summed E-state index contributed by atoms with van der Waals surface area (Å²) >= 11 is 0. The highest BCUT2D eigenvalue weighted by molar-refractivity contribution is 5.85. The summed E-state index contributed by atoms with van der Waals surface area (Å²) in [5.74, 6) is 1.25. The topological polar surface area (TPSA) is 79.3 Å². The molecular weight excluding hydrogens is 413 g/mol. The van der Waals surface area contributed by atoms with Crippen LogP contribution >= 0.6 is 24.8 Å². The van der Waals surface area contributed by atoms with E-state index in [-0.39, 0.29) is 43.0 Å². The average molecular weight is 446 g/mol. The molecule has 2 bridgehead atoms. The molecule has 29 heavy (non-hydrogen) atoms. The number of rotatable bonds is 4. The van der Waals surface area contributed by atoms with Crippen molar-refractivity contribution in [1.29, 1.82) is 0 Å². The van der Waals surface area contributed by atoms with Crippen molar-refractivity contribution in [3.05, 3.63) is 27.9 Å². The van der Waals surface area contributed by atoms with E-state index in [1.165, 1.54) is 30.3 Å². The van der Waals surface area contributed by atoms with E-state index in [1.54, 1.807) is 6.92 Å². The molecule has 4 rings (SSSR count). The van der Waals surface area contributed by atoms with Crippen LogP contribution in [-0.2, 0) is 11.3 Å². The number of amides is 1. The highest BCUT2D eigenvalue weighted by Crippen LogP contribution is 2.38. The van der Waals surface area contributed by atoms with Crippen LogP contribution in [0.4, 0.5) is 0 Å². The average Bonchev–Trinajstić information content (AvgIpc) is 2.65. The SMILES string of the molecule is Cc1cc(C)n(CC(=O)NC[C@H]2[C@@H]3CNC[C@@H](C3)[C@@H]3CCCCN32)c(=O)n1.Cl.Cl. The first-order chi connectivity index (χ1) is 13.0. The summed E-state index contributed by atoms with van der Waals surface area (Å²) in [5, 5.41) is 6.71. The van der Waals surface area contributed by atoms with Crippen LogP contribution in [0.15, 0.2) is 10.9 Å². The first-order valence-electron chi connectivity index (χ1n) is 10.3. The van der Waals surface area contributed by atoms with E-state index in [9.17, 15) is 9.59 Å². The standard InChI is InChI=1S/C20H31N5O2.2ClH/c1-13-7-14(2)25(20(27)23-13)12-19(26)22-11-18-16-8-15(9-21-10-16)17-5-3-4-6-24(17)18;;/h7,15-18,21H,3-6,8-12H2,1-2H3,(H,22,26);2*1H/t15-,16+,17+,18+;;/m1../s1. The van der Waals surface area contributed by atoms with Gasteiger partial charge in [0.1, 0.15) is 6.54 Å². The molecule has 0 aromatic carbocycles. The Morgan fingerprint density at radius 1 is 1.24 bits per heavy atom. The Morgan fingerprint density at radius 2 is 2.00 bits per heavy atom. The monoisotopic (exact) mass is 445 g/mol. The van der Waals surface area contributed by atoms with Crippen LogP contribution < -0.4 is 16.3 Å². The predicted octanol–water partition coefficient (Wildman–Crippen LogP) is 1.28. The van der Waals surface area contributed by atoms with Gasteiger partial charge in [0, 0.05) is 30.0 Å². The molecule has 0 aliphatic carbocycles. The van der Waals surface area contributed by atoms with E-state index >= 15 is 0 Å². The van der Waals surface area contributed by atoms with Crippen LogP contribution in [0.3, 0.4) is 0 Å². The van der Waals surface area contributed by atoms with Gasteiger partial charge in [-0.2, -0.15) is 4.98 Å². The summed E-state index contributed by atoms with van der Waals surface area (Å²) in [4.78, 5) is 31.3. The molecular formula is C20H33Cl2N5O2. The molecule has 3 fully saturated rings. The highest BCUT2D eigenvalue weighted by Gasteiger charge is 2.45. The van der Waals surface area contributed by atoms with Gasteiger partial charge in [0.15, 0.2) is 0 Å². The minimum Gasteiger partial charge on any atom is -0.353 e. The van der Waals surface area contributed by atoms with Crippen LogP contribution in [0.25, 0.3) is 0 Å². The van der Waals surface area contributed by atoms with E-state index in [2.05, 4.69) is 20.5 Å². The number of nitrogens with zero attached hydrogens (tertiary/aromatic N) is 3. The maximum atomic E-state index is 12.5. The third-order valence-corrected chi connectivity index (χ3v) is 6.68. The number of fused-ring (bicyclic) bond motifs is 4. The van der Waals surface area contributed by atoms with Crippen LogP contribution in [0, 0.1) is 25.7 Å². The van der Waals surface area contributed by atoms with Crippen molar-refractivity contribution in [1.82, 2.24) is 25.1 Å². The first-order valence-corrected chi connectivity index (χ1v) is 10.3. The second kappa shape index (κ2) is 10.2. The summed E-state index contributed by atoms with van der Waals surface area (Å²) in [6, 6.07) is 2.90. The fraction of sp³-hybridized carbons (Fsp3) is 0.750. The molecule has 7 nitrogen and oxygen atoms in total. The van der Waals surface area contributed by atoms with Crippen molar-refractivity contribution in [2.45, 2.75) is 58.2 Å². The van der Waals surface area contributed by atoms with Gasteiger partial charge in [0.05, 0.1) is 0 Å². The zero-order valence-electron chi connectivity index (χ0n) is 17.2. The molecule has 1 aromatic heterocycles. The lowest BCUT2D eigenvalue weighted by Gasteiger charge is -2.55. The van der Waals surface area contributed by atoms with Crippen LogP contribution in [-0.4, -0.2) is 58.6 Å². The van der Waals surface area contributed by atoms with Gasteiger partial charge in [-0.25, -0.2) is 4.79 Å². The van der Waals surface area contributed by atoms with Crippen molar-refractivity contribution in [3.63, 3.8) is 0 Å². The Bertz CT molecular complexity index is 772. The maximum absolute atomic E-state index is 12.5. The molecule has 164 valence electrons. The van der Waals surface area contributed by atoms with Crippen molar-refractivity contribution >= 4 is 30.7 Å². The molecule has 3 aliphatic heterocycles. The third-order valence-electron chi connectivity index (χ3n) is 6.68. The molecule has 0 radical (unpaired) electrons. The fourth-order valence-electron chi connectivity index (χ4n) is 5.43. The highest BCUT2D eigenvalue weighted by atomic mass is 35.5. The van der Waals surface area contributed by atoms with E-state index in [0.29, 0.717) is 30.2 Å². The Hall–Kier alpha value is -1.15. The molecule has 1 aromatic rings. The second-order valence-corrected chi connectivity index (χ2v) is 8.49. The van der Waals surface area contributed by atoms with Crippen molar-refractivity contribution in [3.8, 4) is 0 Å². The molecule has 1 amide bonds. The summed E-state index contributed by atoms with van der Waals surface area (Å²) in [6.45, 7) is 7.68. The number of aromatic nitrogens is 2. The Kier molecular flexibility index (Phi) is 8.52. The number of carbonyl (C=O) groups excluding carboxylic acids is 1. The summed E-state index contributed by atoms with van der Waals surface area (Å²) in [7, 11) is 0. The van der Waals surface area contributed by atoms with Gasteiger partial charge in [-0.05, 0) is 70.6 Å². The van der Waals surface area contributed by atoms with Crippen LogP contribution in [0.2, 0.25) is 0 Å². The zero-order valence-corrected chi connectivity index (χ0v) is 18.9. The van der Waals surface area contributed by atoms with Gasteiger partial charge < -0.3 is 10.6 Å². The maximum Gasteiger partial charge on any atom is 0.348 e. The second-order valence-electron chi connectivity index (χ2n) is 8.49. The van der Waals surface area contributed by atoms with Crippen molar-refractivity contribution in [2.75, 3.05) is 26.2 Å². The normalized spacial score (nSPS) is 28.5. The molecule has 9 heteroatoms. The molecule has 2 N–H and O–H groups in total. The minimum absolute atomic E-state index is 0. The largest absolute Gasteiger partial charge is 0.353 e. The predicted molar refractivity (Wildman–Crippen MR) is 118 cm³/mol. The van der Waals surface area contributed by atoms with Gasteiger partial charge in [-0.1, -0.05) is 6.42 Å². The molecule has 0 unspecified atom stereocenters. The Balaban J connectivity index is 0.00000150. The van der Waals surface area contributed by atoms with E-state index in [4.69, 9.17) is 0 Å². The quantitative estimate of drug-likeness (QED) is 0.729. The van der Waals surface area contributed by atoms with E-state index in [0.717, 1.165) is 31.2 Å². The minimum atomic E-state index is -0.351. The molecule has 3 saturated heterocycles. The Labute approximate surface area is 184 Å². The first kappa shape index (κ1) is 24.1. The van der Waals surface area contributed by atoms with Gasteiger partial charge in [-0.15, -0.1) is 24.8 Å². The van der Waals surface area contributed by atoms with Gasteiger partial charge in [0.2, 0.25) is 5.91 Å². The molecule has 0 spiro atoms. The zero-order chi connectivity index (χ0) is 19.0. The van der Waals surface area contributed by atoms with Crippen molar-refractivity contribution in [2.24, 2.45) is 11.8 Å². The van der Waals surface area contributed by atoms with Crippen LogP contribution in [0.5, 0.6) is 0 Å². The summed E-state index contributed by atoms with van der Waals surface area (Å²) < 4.78 is 1.45. The fourth-order valence-corrected chi connectivity index (χ4v) is 5.43. The van der Waals surface area contributed by atoms with Gasteiger partial charge >= 0.3 is 5.69 Å². The number of aryl methyl sites for hydroxylation is 2. The number of hydrogen-bond donors (Lipinski definition) is 2. The smallest absolute Gasteiger partial charge is 0.348 e. The lowest BCUT2D eigenvalue weighted by molar-refractivity contribution is -0.122. The number of piperidine rings is 3. The van der Waals surface area contributed by atoms with Gasteiger partial charge in [-0.3, -0.25) is 14.3 Å². The van der Waals surface area contributed by atoms with E-state index < -0.39 is 0 Å². The molecule has 4 atom stereocenters. The molecule has 4 heterocycles. The van der Waals surface area contributed by atoms with Gasteiger partial charge in [0.25, 0.3) is 0 Å². The number of carbonyl (C=O) groups is 1. The number of halogens is 2. The lowest BCUT2D eigenvalue weighted by atomic mass is 9.73. The summed E-state index contributed by atoms with van der Waals surface area (Å²) in [5.41, 5.74) is 1.11. The number of nitrogens with one attached hydrogen (secondary N) is 2.